The fraction of sp³-hybridized carbons (Fsp3) is 0.556. The van der Waals surface area contributed by atoms with Gasteiger partial charge in [-0.3, -0.25) is 19.2 Å². The predicted octanol–water partition coefficient (Wildman–Crippen LogP) is 2.91. The minimum atomic E-state index is -0.615. The van der Waals surface area contributed by atoms with Crippen LogP contribution in [0.25, 0.3) is 0 Å². The first-order chi connectivity index (χ1) is 10.9. The zero-order valence-corrected chi connectivity index (χ0v) is 14.4. The van der Waals surface area contributed by atoms with Gasteiger partial charge in [0.1, 0.15) is 17.3 Å². The van der Waals surface area contributed by atoms with Crippen LogP contribution in [0.5, 0.6) is 0 Å². The van der Waals surface area contributed by atoms with E-state index in [2.05, 4.69) is 4.98 Å². The number of aromatic amines is 1. The Morgan fingerprint density at radius 3 is 2.21 bits per heavy atom. The second-order valence-corrected chi connectivity index (χ2v) is 6.37. The fourth-order valence-corrected chi connectivity index (χ4v) is 3.13. The van der Waals surface area contributed by atoms with E-state index in [1.54, 1.807) is 0 Å². The van der Waals surface area contributed by atoms with Crippen molar-refractivity contribution in [1.29, 1.82) is 0 Å². The molecule has 0 unspecified atom stereocenters. The predicted molar refractivity (Wildman–Crippen MR) is 90.5 cm³/mol. The van der Waals surface area contributed by atoms with Crippen LogP contribution in [0.4, 0.5) is 0 Å². The van der Waals surface area contributed by atoms with Gasteiger partial charge in [0, 0.05) is 42.6 Å². The lowest BCUT2D eigenvalue weighted by molar-refractivity contribution is -0.138. The Hall–Kier alpha value is -2.08. The molecule has 6 heteroatoms. The maximum absolute atomic E-state index is 11.3. The van der Waals surface area contributed by atoms with Crippen molar-refractivity contribution in [3.63, 3.8) is 0 Å². The lowest BCUT2D eigenvalue weighted by Crippen LogP contribution is -2.30. The van der Waals surface area contributed by atoms with E-state index in [1.807, 2.05) is 13.0 Å². The van der Waals surface area contributed by atoms with Crippen LogP contribution in [0.2, 0.25) is 0 Å². The Bertz CT molecular complexity index is 629. The number of nitrogens with one attached hydrogen (secondary N) is 1. The van der Waals surface area contributed by atoms with E-state index in [0.717, 1.165) is 36.2 Å². The van der Waals surface area contributed by atoms with Crippen LogP contribution in [-0.4, -0.2) is 28.1 Å². The Morgan fingerprint density at radius 1 is 1.08 bits per heavy atom. The molecule has 1 saturated carbocycles. The Balaban J connectivity index is 0.000000231. The number of fused-ring (bicyclic) bond motifs is 1. The molecule has 1 aromatic rings. The lowest BCUT2D eigenvalue weighted by atomic mass is 9.84. The van der Waals surface area contributed by atoms with E-state index in [9.17, 15) is 19.2 Å². The number of Topliss-reactive ketones (excluding diaryl/α,β-unsaturated/α-hetero) is 4. The summed E-state index contributed by atoms with van der Waals surface area (Å²) in [5.41, 5.74) is 3.16. The lowest BCUT2D eigenvalue weighted by Gasteiger charge is -2.17. The highest BCUT2D eigenvalue weighted by Crippen LogP contribution is 2.21. The second kappa shape index (κ2) is 8.68. The van der Waals surface area contributed by atoms with Crippen molar-refractivity contribution in [2.24, 2.45) is 5.92 Å². The maximum atomic E-state index is 11.3. The van der Waals surface area contributed by atoms with Crippen LogP contribution < -0.4 is 6.15 Å². The normalized spacial score (nSPS) is 17.5. The topological polar surface area (TPSA) is 119 Å². The first-order valence-electron chi connectivity index (χ1n) is 8.15. The smallest absolute Gasteiger partial charge is 0.164 e. The molecule has 1 fully saturated rings. The number of carbonyl (C=O) groups is 4. The number of hydrogen-bond acceptors (Lipinski definition) is 5. The first kappa shape index (κ1) is 20.0. The molecule has 0 atom stereocenters. The molecule has 0 spiro atoms. The SMILES string of the molecule is CC(=O)CC1C(=O)CCCC1=O.Cc1cc2c([nH]1)CCCC2=O.N. The summed E-state index contributed by atoms with van der Waals surface area (Å²) in [6.45, 7) is 3.40. The van der Waals surface area contributed by atoms with Gasteiger partial charge in [0.2, 0.25) is 0 Å². The van der Waals surface area contributed by atoms with E-state index in [4.69, 9.17) is 0 Å². The van der Waals surface area contributed by atoms with Crippen LogP contribution in [0.15, 0.2) is 6.07 Å². The molecule has 2 aliphatic carbocycles. The van der Waals surface area contributed by atoms with E-state index in [0.29, 0.717) is 25.0 Å². The van der Waals surface area contributed by atoms with E-state index < -0.39 is 5.92 Å². The number of ketones is 4. The van der Waals surface area contributed by atoms with Crippen LogP contribution in [0.3, 0.4) is 0 Å². The van der Waals surface area contributed by atoms with Gasteiger partial charge in [-0.25, -0.2) is 0 Å². The summed E-state index contributed by atoms with van der Waals surface area (Å²) in [6.07, 6.45) is 4.46. The molecule has 3 rings (SSSR count). The summed E-state index contributed by atoms with van der Waals surface area (Å²) >= 11 is 0. The molecular formula is C18H26N2O4. The third-order valence-electron chi connectivity index (χ3n) is 4.28. The minimum Gasteiger partial charge on any atom is -0.362 e. The molecule has 24 heavy (non-hydrogen) atoms. The summed E-state index contributed by atoms with van der Waals surface area (Å²) in [4.78, 5) is 47.5. The van der Waals surface area contributed by atoms with Gasteiger partial charge < -0.3 is 11.1 Å². The fourth-order valence-electron chi connectivity index (χ4n) is 3.13. The highest BCUT2D eigenvalue weighted by atomic mass is 16.2. The molecule has 4 N–H and O–H groups in total. The molecular weight excluding hydrogens is 308 g/mol. The Kier molecular flexibility index (Phi) is 7.22. The molecule has 0 aromatic carbocycles. The van der Waals surface area contributed by atoms with E-state index >= 15 is 0 Å². The van der Waals surface area contributed by atoms with Gasteiger partial charge in [0.05, 0.1) is 5.92 Å². The first-order valence-corrected chi connectivity index (χ1v) is 8.15. The van der Waals surface area contributed by atoms with Crippen LogP contribution in [0.1, 0.15) is 67.2 Å². The summed E-state index contributed by atoms with van der Waals surface area (Å²) in [5.74, 6) is -0.502. The van der Waals surface area contributed by atoms with Crippen molar-refractivity contribution in [3.05, 3.63) is 23.0 Å². The standard InChI is InChI=1S/C9H11NO.C9H12O3.H3N/c1-6-5-7-8(10-6)3-2-4-9(7)11;1-6(10)5-7-8(11)3-2-4-9(7)12;/h5,10H,2-4H2,1H3;7H,2-5H2,1H3;1H3. The van der Waals surface area contributed by atoms with Gasteiger partial charge >= 0.3 is 0 Å². The van der Waals surface area contributed by atoms with Crippen molar-refractivity contribution in [1.82, 2.24) is 11.1 Å². The minimum absolute atomic E-state index is 0. The molecule has 2 aliphatic rings. The molecule has 0 amide bonds. The van der Waals surface area contributed by atoms with Gasteiger partial charge in [-0.15, -0.1) is 0 Å². The largest absolute Gasteiger partial charge is 0.362 e. The summed E-state index contributed by atoms with van der Waals surface area (Å²) in [5, 5.41) is 0. The van der Waals surface area contributed by atoms with Crippen molar-refractivity contribution < 1.29 is 19.2 Å². The molecule has 0 bridgehead atoms. The van der Waals surface area contributed by atoms with Gasteiger partial charge in [-0.05, 0) is 39.2 Å². The average molecular weight is 334 g/mol. The van der Waals surface area contributed by atoms with Crippen LogP contribution in [-0.2, 0) is 20.8 Å². The van der Waals surface area contributed by atoms with E-state index in [-0.39, 0.29) is 29.9 Å². The monoisotopic (exact) mass is 334 g/mol. The number of carbonyl (C=O) groups excluding carboxylic acids is 4. The molecule has 132 valence electrons. The Morgan fingerprint density at radius 2 is 1.67 bits per heavy atom. The number of hydrogen-bond donors (Lipinski definition) is 2. The second-order valence-electron chi connectivity index (χ2n) is 6.37. The van der Waals surface area contributed by atoms with Gasteiger partial charge in [0.15, 0.2) is 5.78 Å². The third kappa shape index (κ3) is 4.96. The number of aryl methyl sites for hydroxylation is 2. The molecule has 1 aromatic heterocycles. The summed E-state index contributed by atoms with van der Waals surface area (Å²) < 4.78 is 0. The van der Waals surface area contributed by atoms with Crippen molar-refractivity contribution in [2.75, 3.05) is 0 Å². The molecule has 0 saturated heterocycles. The van der Waals surface area contributed by atoms with Gasteiger partial charge in [-0.1, -0.05) is 0 Å². The van der Waals surface area contributed by atoms with Crippen molar-refractivity contribution in [3.8, 4) is 0 Å². The summed E-state index contributed by atoms with van der Waals surface area (Å²) in [6, 6.07) is 1.96. The zero-order valence-electron chi connectivity index (χ0n) is 14.4. The third-order valence-corrected chi connectivity index (χ3v) is 4.28. The maximum Gasteiger partial charge on any atom is 0.164 e. The number of rotatable bonds is 2. The average Bonchev–Trinajstić information content (AvgIpc) is 2.86. The highest BCUT2D eigenvalue weighted by Gasteiger charge is 2.30. The molecule has 6 nitrogen and oxygen atoms in total. The molecule has 0 radical (unpaired) electrons. The van der Waals surface area contributed by atoms with Crippen LogP contribution in [0, 0.1) is 12.8 Å². The zero-order chi connectivity index (χ0) is 17.0. The summed E-state index contributed by atoms with van der Waals surface area (Å²) in [7, 11) is 0. The van der Waals surface area contributed by atoms with Gasteiger partial charge in [-0.2, -0.15) is 0 Å². The van der Waals surface area contributed by atoms with Crippen molar-refractivity contribution >= 4 is 23.1 Å². The quantitative estimate of drug-likeness (QED) is 0.806. The Labute approximate surface area is 142 Å². The van der Waals surface area contributed by atoms with Crippen LogP contribution >= 0.6 is 0 Å². The number of H-pyrrole nitrogens is 1. The van der Waals surface area contributed by atoms with Crippen molar-refractivity contribution in [2.45, 2.75) is 58.8 Å². The van der Waals surface area contributed by atoms with Gasteiger partial charge in [0.25, 0.3) is 0 Å². The molecule has 0 aliphatic heterocycles. The molecule has 1 heterocycles. The highest BCUT2D eigenvalue weighted by molar-refractivity contribution is 6.06. The van der Waals surface area contributed by atoms with E-state index in [1.165, 1.54) is 6.92 Å². The number of aromatic nitrogens is 1.